The Morgan fingerprint density at radius 3 is 2.16 bits per heavy atom. The quantitative estimate of drug-likeness (QED) is 0.799. The maximum atomic E-state index is 12.6. The van der Waals surface area contributed by atoms with Crippen LogP contribution in [0.5, 0.6) is 5.75 Å². The molecule has 0 saturated carbocycles. The second-order valence-corrected chi connectivity index (χ2v) is 7.68. The van der Waals surface area contributed by atoms with Crippen LogP contribution in [0.15, 0.2) is 6.07 Å². The van der Waals surface area contributed by atoms with Gasteiger partial charge in [-0.25, -0.2) is 4.79 Å². The van der Waals surface area contributed by atoms with E-state index in [-0.39, 0.29) is 11.7 Å². The molecule has 0 unspecified atom stereocenters. The monoisotopic (exact) mass is 348 g/mol. The van der Waals surface area contributed by atoms with Crippen molar-refractivity contribution in [1.82, 2.24) is 10.3 Å². The van der Waals surface area contributed by atoms with E-state index in [0.717, 1.165) is 5.56 Å². The number of ketones is 1. The average molecular weight is 348 g/mol. The highest BCUT2D eigenvalue weighted by atomic mass is 16.5. The summed E-state index contributed by atoms with van der Waals surface area (Å²) in [6.45, 7) is 13.5. The van der Waals surface area contributed by atoms with Crippen molar-refractivity contribution in [2.24, 2.45) is 0 Å². The number of pyridine rings is 1. The molecule has 0 bridgehead atoms. The van der Waals surface area contributed by atoms with Crippen LogP contribution in [0.4, 0.5) is 0 Å². The Morgan fingerprint density at radius 2 is 1.68 bits per heavy atom. The van der Waals surface area contributed by atoms with Crippen molar-refractivity contribution in [3.63, 3.8) is 0 Å². The number of ether oxygens (including phenoxy) is 1. The van der Waals surface area contributed by atoms with Crippen molar-refractivity contribution >= 4 is 17.7 Å². The molecule has 6 heteroatoms. The maximum absolute atomic E-state index is 12.6. The second-order valence-electron chi connectivity index (χ2n) is 7.68. The number of aromatic nitrogens is 1. The molecule has 1 rings (SSSR count). The highest BCUT2D eigenvalue weighted by molar-refractivity contribution is 5.88. The molecule has 0 saturated heterocycles. The SMILES string of the molecule is CC(=O)CC(C)(C)c1c(OC(=O)C(C)(C)NC(C)=O)cc(C)nc1C. The van der Waals surface area contributed by atoms with Crippen molar-refractivity contribution in [1.29, 1.82) is 0 Å². The third kappa shape index (κ3) is 5.37. The molecule has 0 aromatic carbocycles. The van der Waals surface area contributed by atoms with Crippen LogP contribution in [0.3, 0.4) is 0 Å². The second kappa shape index (κ2) is 7.33. The third-order valence-corrected chi connectivity index (χ3v) is 3.86. The molecule has 138 valence electrons. The molecule has 6 nitrogen and oxygen atoms in total. The third-order valence-electron chi connectivity index (χ3n) is 3.86. The van der Waals surface area contributed by atoms with Crippen LogP contribution in [0, 0.1) is 13.8 Å². The van der Waals surface area contributed by atoms with Gasteiger partial charge in [-0.2, -0.15) is 0 Å². The van der Waals surface area contributed by atoms with Gasteiger partial charge in [0, 0.05) is 41.8 Å². The number of aryl methyl sites for hydroxylation is 2. The fourth-order valence-corrected chi connectivity index (χ4v) is 3.13. The van der Waals surface area contributed by atoms with E-state index in [1.54, 1.807) is 19.9 Å². The summed E-state index contributed by atoms with van der Waals surface area (Å²) >= 11 is 0. The molecule has 1 amide bonds. The predicted molar refractivity (Wildman–Crippen MR) is 95.6 cm³/mol. The van der Waals surface area contributed by atoms with Gasteiger partial charge >= 0.3 is 5.97 Å². The number of amides is 1. The summed E-state index contributed by atoms with van der Waals surface area (Å²) in [6, 6.07) is 1.69. The summed E-state index contributed by atoms with van der Waals surface area (Å²) in [5.41, 5.74) is 0.440. The Labute approximate surface area is 149 Å². The summed E-state index contributed by atoms with van der Waals surface area (Å²) in [5, 5.41) is 2.58. The van der Waals surface area contributed by atoms with E-state index in [9.17, 15) is 14.4 Å². The molecule has 0 atom stereocenters. The number of Topliss-reactive ketones (excluding diaryl/α,β-unsaturated/α-hetero) is 1. The Hall–Kier alpha value is -2.24. The number of rotatable bonds is 6. The molecule has 1 aromatic heterocycles. The zero-order chi connectivity index (χ0) is 19.6. The Morgan fingerprint density at radius 1 is 1.12 bits per heavy atom. The highest BCUT2D eigenvalue weighted by Crippen LogP contribution is 2.37. The minimum atomic E-state index is -1.17. The molecule has 0 aliphatic rings. The molecule has 0 radical (unpaired) electrons. The van der Waals surface area contributed by atoms with Crippen molar-refractivity contribution in [3.8, 4) is 5.75 Å². The van der Waals surface area contributed by atoms with Crippen LogP contribution in [0.2, 0.25) is 0 Å². The minimum absolute atomic E-state index is 0.0424. The lowest BCUT2D eigenvalue weighted by atomic mass is 9.79. The molecular weight excluding hydrogens is 320 g/mol. The van der Waals surface area contributed by atoms with Gasteiger partial charge in [-0.15, -0.1) is 0 Å². The number of esters is 1. The fraction of sp³-hybridized carbons (Fsp3) is 0.579. The van der Waals surface area contributed by atoms with Crippen LogP contribution in [-0.2, 0) is 19.8 Å². The van der Waals surface area contributed by atoms with Gasteiger partial charge in [-0.3, -0.25) is 14.6 Å². The van der Waals surface area contributed by atoms with Gasteiger partial charge in [0.05, 0.1) is 0 Å². The molecule has 1 heterocycles. The van der Waals surface area contributed by atoms with Crippen LogP contribution >= 0.6 is 0 Å². The molecule has 25 heavy (non-hydrogen) atoms. The van der Waals surface area contributed by atoms with E-state index in [1.165, 1.54) is 13.8 Å². The van der Waals surface area contributed by atoms with Gasteiger partial charge in [0.2, 0.25) is 5.91 Å². The van der Waals surface area contributed by atoms with Crippen molar-refractivity contribution in [3.05, 3.63) is 23.0 Å². The van der Waals surface area contributed by atoms with E-state index in [2.05, 4.69) is 10.3 Å². The molecule has 0 aliphatic carbocycles. The number of nitrogens with one attached hydrogen (secondary N) is 1. The first-order valence-electron chi connectivity index (χ1n) is 8.25. The highest BCUT2D eigenvalue weighted by Gasteiger charge is 2.34. The fourth-order valence-electron chi connectivity index (χ4n) is 3.13. The van der Waals surface area contributed by atoms with Gasteiger partial charge in [0.25, 0.3) is 0 Å². The lowest BCUT2D eigenvalue weighted by molar-refractivity contribution is -0.143. The molecule has 0 spiro atoms. The number of nitrogens with zero attached hydrogens (tertiary/aromatic N) is 1. The molecule has 0 aliphatic heterocycles. The summed E-state index contributed by atoms with van der Waals surface area (Å²) in [7, 11) is 0. The molecule has 1 aromatic rings. The molecular formula is C19H28N2O4. The summed E-state index contributed by atoms with van der Waals surface area (Å²) in [6.07, 6.45) is 0.304. The first kappa shape index (κ1) is 20.8. The lowest BCUT2D eigenvalue weighted by Crippen LogP contribution is -2.51. The maximum Gasteiger partial charge on any atom is 0.336 e. The van der Waals surface area contributed by atoms with Gasteiger partial charge in [-0.1, -0.05) is 13.8 Å². The topological polar surface area (TPSA) is 85.4 Å². The van der Waals surface area contributed by atoms with Gasteiger partial charge < -0.3 is 10.1 Å². The van der Waals surface area contributed by atoms with Crippen molar-refractivity contribution in [2.45, 2.75) is 72.8 Å². The van der Waals surface area contributed by atoms with Gasteiger partial charge in [0.15, 0.2) is 0 Å². The number of carbonyl (C=O) groups is 3. The van der Waals surface area contributed by atoms with Crippen molar-refractivity contribution in [2.75, 3.05) is 0 Å². The van der Waals surface area contributed by atoms with E-state index in [4.69, 9.17) is 4.74 Å². The standard InChI is InChI=1S/C19H28N2O4/c1-11-9-15(25-17(24)19(7,8)21-14(4)23)16(13(3)20-11)18(5,6)10-12(2)22/h9H,10H2,1-8H3,(H,21,23). The smallest absolute Gasteiger partial charge is 0.336 e. The number of hydrogen-bond acceptors (Lipinski definition) is 5. The van der Waals surface area contributed by atoms with E-state index >= 15 is 0 Å². The van der Waals surface area contributed by atoms with Crippen molar-refractivity contribution < 1.29 is 19.1 Å². The van der Waals surface area contributed by atoms with Crippen LogP contribution in [-0.4, -0.2) is 28.2 Å². The van der Waals surface area contributed by atoms with Crippen LogP contribution < -0.4 is 10.1 Å². The lowest BCUT2D eigenvalue weighted by Gasteiger charge is -2.29. The van der Waals surface area contributed by atoms with Crippen LogP contribution in [0.1, 0.15) is 64.9 Å². The zero-order valence-corrected chi connectivity index (χ0v) is 16.4. The average Bonchev–Trinajstić information content (AvgIpc) is 2.33. The van der Waals surface area contributed by atoms with E-state index in [0.29, 0.717) is 23.6 Å². The van der Waals surface area contributed by atoms with E-state index < -0.39 is 16.9 Å². The largest absolute Gasteiger partial charge is 0.424 e. The Bertz CT molecular complexity index is 706. The molecule has 1 N–H and O–H groups in total. The Balaban J connectivity index is 3.34. The zero-order valence-electron chi connectivity index (χ0n) is 16.4. The van der Waals surface area contributed by atoms with Gasteiger partial charge in [0.1, 0.15) is 17.1 Å². The first-order chi connectivity index (χ1) is 11.3. The number of hydrogen-bond donors (Lipinski definition) is 1. The first-order valence-corrected chi connectivity index (χ1v) is 8.25. The Kier molecular flexibility index (Phi) is 6.10. The minimum Gasteiger partial charge on any atom is -0.424 e. The number of carbonyl (C=O) groups excluding carboxylic acids is 3. The predicted octanol–water partition coefficient (Wildman–Crippen LogP) is 2.78. The summed E-state index contributed by atoms with van der Waals surface area (Å²) in [4.78, 5) is 40.0. The summed E-state index contributed by atoms with van der Waals surface area (Å²) < 4.78 is 5.64. The summed E-state index contributed by atoms with van der Waals surface area (Å²) in [5.74, 6) is -0.478. The van der Waals surface area contributed by atoms with Gasteiger partial charge in [-0.05, 0) is 34.6 Å². The normalized spacial score (nSPS) is 11.8. The van der Waals surface area contributed by atoms with E-state index in [1.807, 2.05) is 27.7 Å². The molecule has 0 fully saturated rings. The van der Waals surface area contributed by atoms with Crippen LogP contribution in [0.25, 0.3) is 0 Å².